The van der Waals surface area contributed by atoms with Crippen molar-refractivity contribution in [3.63, 3.8) is 0 Å². The second-order valence-electron chi connectivity index (χ2n) is 5.80. The topological polar surface area (TPSA) is 44.8 Å². The molecule has 1 aromatic rings. The molecule has 5 nitrogen and oxygen atoms in total. The van der Waals surface area contributed by atoms with Crippen molar-refractivity contribution in [3.05, 3.63) is 42.2 Å². The fraction of sp³-hybridized carbons (Fsp3) is 0.471. The van der Waals surface area contributed by atoms with Crippen molar-refractivity contribution in [2.24, 2.45) is 0 Å². The van der Waals surface area contributed by atoms with Gasteiger partial charge < -0.3 is 14.6 Å². The summed E-state index contributed by atoms with van der Waals surface area (Å²) in [5, 5.41) is 1.94. The molecule has 3 rings (SSSR count). The summed E-state index contributed by atoms with van der Waals surface area (Å²) in [6.45, 7) is 2.94. The maximum absolute atomic E-state index is 12.6. The number of methoxy groups -OCH3 is 1. The molecule has 1 amide bonds. The third kappa shape index (κ3) is 2.81. The molecule has 1 aromatic carbocycles. The van der Waals surface area contributed by atoms with Crippen LogP contribution in [0, 0.1) is 0 Å². The summed E-state index contributed by atoms with van der Waals surface area (Å²) >= 11 is 0. The Balaban J connectivity index is 1.72. The molecule has 0 aromatic heterocycles. The molecule has 1 fully saturated rings. The zero-order chi connectivity index (χ0) is 15.5. The lowest BCUT2D eigenvalue weighted by atomic mass is 10.0. The standard InChI is InChI=1S/C17H23N3O2/c1-3-4-8-19-9-10-20-16(17(19)21)12-15(18-20)13-6-5-7-14(11-13)22-2/h5-7,9-11,15-16,18H,3-4,8,12H2,1-2H3. The lowest BCUT2D eigenvalue weighted by Crippen LogP contribution is -2.48. The van der Waals surface area contributed by atoms with E-state index in [-0.39, 0.29) is 18.0 Å². The Morgan fingerprint density at radius 1 is 1.36 bits per heavy atom. The van der Waals surface area contributed by atoms with Gasteiger partial charge >= 0.3 is 0 Å². The molecule has 0 bridgehead atoms. The molecule has 1 N–H and O–H groups in total. The van der Waals surface area contributed by atoms with Crippen LogP contribution in [-0.4, -0.2) is 35.5 Å². The molecule has 1 saturated heterocycles. The molecule has 2 atom stereocenters. The van der Waals surface area contributed by atoms with Gasteiger partial charge in [-0.15, -0.1) is 0 Å². The molecule has 2 heterocycles. The molecule has 0 aliphatic carbocycles. The number of rotatable bonds is 5. The Morgan fingerprint density at radius 3 is 3.00 bits per heavy atom. The summed E-state index contributed by atoms with van der Waals surface area (Å²) in [4.78, 5) is 14.4. The number of ether oxygens (including phenoxy) is 1. The highest BCUT2D eigenvalue weighted by Crippen LogP contribution is 2.32. The maximum atomic E-state index is 12.6. The van der Waals surface area contributed by atoms with E-state index < -0.39 is 0 Å². The lowest BCUT2D eigenvalue weighted by molar-refractivity contribution is -0.134. The van der Waals surface area contributed by atoms with Crippen LogP contribution < -0.4 is 10.2 Å². The van der Waals surface area contributed by atoms with Gasteiger partial charge in [0.25, 0.3) is 5.91 Å². The van der Waals surface area contributed by atoms with Crippen LogP contribution in [0.15, 0.2) is 36.7 Å². The number of amides is 1. The molecule has 2 unspecified atom stereocenters. The predicted molar refractivity (Wildman–Crippen MR) is 84.9 cm³/mol. The van der Waals surface area contributed by atoms with E-state index in [1.807, 2.05) is 40.5 Å². The first-order chi connectivity index (χ1) is 10.7. The van der Waals surface area contributed by atoms with E-state index in [9.17, 15) is 4.79 Å². The van der Waals surface area contributed by atoms with Crippen molar-refractivity contribution in [2.45, 2.75) is 38.3 Å². The SMILES string of the molecule is CCCCN1C=CN2NC(c3cccc(OC)c3)CC2C1=O. The lowest BCUT2D eigenvalue weighted by Gasteiger charge is -2.31. The zero-order valence-corrected chi connectivity index (χ0v) is 13.2. The number of benzene rings is 1. The predicted octanol–water partition coefficient (Wildman–Crippen LogP) is 2.43. The van der Waals surface area contributed by atoms with Gasteiger partial charge in [-0.1, -0.05) is 25.5 Å². The summed E-state index contributed by atoms with van der Waals surface area (Å²) in [6.07, 6.45) is 6.77. The van der Waals surface area contributed by atoms with E-state index >= 15 is 0 Å². The fourth-order valence-corrected chi connectivity index (χ4v) is 3.03. The van der Waals surface area contributed by atoms with Gasteiger partial charge in [0.2, 0.25) is 0 Å². The Bertz CT molecular complexity index is 573. The van der Waals surface area contributed by atoms with Crippen molar-refractivity contribution in [2.75, 3.05) is 13.7 Å². The summed E-state index contributed by atoms with van der Waals surface area (Å²) in [5.41, 5.74) is 4.56. The van der Waals surface area contributed by atoms with Crippen LogP contribution in [0.3, 0.4) is 0 Å². The number of unbranched alkanes of at least 4 members (excludes halogenated alkanes) is 1. The van der Waals surface area contributed by atoms with Gasteiger partial charge in [0.15, 0.2) is 0 Å². The van der Waals surface area contributed by atoms with Gasteiger partial charge in [0.1, 0.15) is 11.8 Å². The Morgan fingerprint density at radius 2 is 2.23 bits per heavy atom. The van der Waals surface area contributed by atoms with E-state index in [4.69, 9.17) is 4.74 Å². The van der Waals surface area contributed by atoms with Crippen LogP contribution in [0.5, 0.6) is 5.75 Å². The van der Waals surface area contributed by atoms with E-state index in [2.05, 4.69) is 18.4 Å². The van der Waals surface area contributed by atoms with Crippen LogP contribution in [0.4, 0.5) is 0 Å². The number of carbonyl (C=O) groups is 1. The van der Waals surface area contributed by atoms with Crippen LogP contribution in [0.25, 0.3) is 0 Å². The largest absolute Gasteiger partial charge is 0.497 e. The monoisotopic (exact) mass is 301 g/mol. The minimum Gasteiger partial charge on any atom is -0.497 e. The normalized spacial score (nSPS) is 23.8. The van der Waals surface area contributed by atoms with Crippen molar-refractivity contribution in [1.29, 1.82) is 0 Å². The van der Waals surface area contributed by atoms with Gasteiger partial charge in [0.05, 0.1) is 13.2 Å². The van der Waals surface area contributed by atoms with Crippen molar-refractivity contribution in [1.82, 2.24) is 15.3 Å². The third-order valence-electron chi connectivity index (χ3n) is 4.32. The Labute approximate surface area is 131 Å². The number of nitrogens with one attached hydrogen (secondary N) is 1. The van der Waals surface area contributed by atoms with Crippen molar-refractivity contribution < 1.29 is 9.53 Å². The smallest absolute Gasteiger partial charge is 0.250 e. The van der Waals surface area contributed by atoms with Crippen molar-refractivity contribution in [3.8, 4) is 5.75 Å². The molecular weight excluding hydrogens is 278 g/mol. The molecule has 0 spiro atoms. The highest BCUT2D eigenvalue weighted by Gasteiger charge is 2.39. The van der Waals surface area contributed by atoms with Gasteiger partial charge in [-0.3, -0.25) is 4.79 Å². The Hall–Kier alpha value is -2.01. The van der Waals surface area contributed by atoms with E-state index in [0.29, 0.717) is 0 Å². The van der Waals surface area contributed by atoms with E-state index in [0.717, 1.165) is 37.1 Å². The van der Waals surface area contributed by atoms with Crippen LogP contribution in [0.1, 0.15) is 37.8 Å². The molecule has 22 heavy (non-hydrogen) atoms. The molecule has 118 valence electrons. The Kier molecular flexibility index (Phi) is 4.34. The first kappa shape index (κ1) is 14.9. The minimum absolute atomic E-state index is 0.113. The molecule has 2 aliphatic heterocycles. The maximum Gasteiger partial charge on any atom is 0.250 e. The number of hydrogen-bond acceptors (Lipinski definition) is 4. The summed E-state index contributed by atoms with van der Waals surface area (Å²) < 4.78 is 5.29. The van der Waals surface area contributed by atoms with Gasteiger partial charge in [-0.2, -0.15) is 0 Å². The first-order valence-corrected chi connectivity index (χ1v) is 7.90. The van der Waals surface area contributed by atoms with E-state index in [1.165, 1.54) is 0 Å². The second-order valence-corrected chi connectivity index (χ2v) is 5.80. The fourth-order valence-electron chi connectivity index (χ4n) is 3.03. The average Bonchev–Trinajstić information content (AvgIpc) is 2.99. The molecule has 0 saturated carbocycles. The second kappa shape index (κ2) is 6.40. The summed E-state index contributed by atoms with van der Waals surface area (Å²) in [5.74, 6) is 1.03. The van der Waals surface area contributed by atoms with Gasteiger partial charge in [-0.05, 0) is 30.5 Å². The van der Waals surface area contributed by atoms with E-state index in [1.54, 1.807) is 7.11 Å². The summed E-state index contributed by atoms with van der Waals surface area (Å²) in [7, 11) is 1.67. The minimum atomic E-state index is -0.113. The quantitative estimate of drug-likeness (QED) is 0.907. The van der Waals surface area contributed by atoms with Gasteiger partial charge in [0, 0.05) is 18.9 Å². The van der Waals surface area contributed by atoms with Crippen LogP contribution >= 0.6 is 0 Å². The highest BCUT2D eigenvalue weighted by molar-refractivity contribution is 5.84. The van der Waals surface area contributed by atoms with Crippen molar-refractivity contribution >= 4 is 5.91 Å². The summed E-state index contributed by atoms with van der Waals surface area (Å²) in [6, 6.07) is 8.04. The molecule has 0 radical (unpaired) electrons. The third-order valence-corrected chi connectivity index (χ3v) is 4.32. The zero-order valence-electron chi connectivity index (χ0n) is 13.2. The number of nitrogens with zero attached hydrogens (tertiary/aromatic N) is 2. The molecular formula is C17H23N3O2. The van der Waals surface area contributed by atoms with Gasteiger partial charge in [-0.25, -0.2) is 5.43 Å². The highest BCUT2D eigenvalue weighted by atomic mass is 16.5. The van der Waals surface area contributed by atoms with Crippen LogP contribution in [0.2, 0.25) is 0 Å². The average molecular weight is 301 g/mol. The number of hydrogen-bond donors (Lipinski definition) is 1. The first-order valence-electron chi connectivity index (χ1n) is 7.90. The number of fused-ring (bicyclic) bond motifs is 1. The van der Waals surface area contributed by atoms with Crippen LogP contribution in [-0.2, 0) is 4.79 Å². The number of carbonyl (C=O) groups excluding carboxylic acids is 1. The number of hydrazine groups is 1. The molecule has 5 heteroatoms. The molecule has 2 aliphatic rings.